The third kappa shape index (κ3) is 22.3. The predicted octanol–water partition coefficient (Wildman–Crippen LogP) is 6.77. The molecule has 4 aliphatic carbocycles. The van der Waals surface area contributed by atoms with Crippen LogP contribution < -0.4 is 51.4 Å². The van der Waals surface area contributed by atoms with Crippen LogP contribution in [-0.4, -0.2) is 82.1 Å². The number of unbranched alkanes of at least 4 members (excludes halogenated alkanes) is 18. The molecule has 0 spiro atoms. The van der Waals surface area contributed by atoms with E-state index in [-0.39, 0.29) is 108 Å². The van der Waals surface area contributed by atoms with Gasteiger partial charge in [0.2, 0.25) is 0 Å². The number of carbonyl (C=O) groups excluding carboxylic acids is 3. The van der Waals surface area contributed by atoms with Crippen LogP contribution in [0.25, 0.3) is 0 Å². The molecule has 14 heteroatoms. The normalized spacial score (nSPS) is 18.5. The predicted molar refractivity (Wildman–Crippen MR) is 228 cm³/mol. The molecule has 59 heavy (non-hydrogen) atoms. The number of hydrogen-bond acceptors (Lipinski definition) is 10. The van der Waals surface area contributed by atoms with Gasteiger partial charge in [0.15, 0.2) is 31.2 Å². The average molecular weight is 899 g/mol. The molecular formula is C45H79KO11S2. The maximum atomic E-state index is 12.2. The fraction of sp³-hybridized carbons (Fsp3) is 0.911. The molecule has 0 unspecified atom stereocenters. The largest absolute Gasteiger partial charge is 1.00 e. The Bertz CT molecular complexity index is 1510. The fourth-order valence-corrected chi connectivity index (χ4v) is 10.3. The smallest absolute Gasteiger partial charge is 0.870 e. The molecule has 0 heterocycles. The van der Waals surface area contributed by atoms with Crippen LogP contribution >= 0.6 is 0 Å². The van der Waals surface area contributed by atoms with E-state index in [1.165, 1.54) is 90.6 Å². The van der Waals surface area contributed by atoms with E-state index in [1.54, 1.807) is 0 Å². The van der Waals surface area contributed by atoms with E-state index in [4.69, 9.17) is 9.84 Å². The summed E-state index contributed by atoms with van der Waals surface area (Å²) in [5.74, 6) is -1.30. The summed E-state index contributed by atoms with van der Waals surface area (Å²) in [6.45, 7) is 0. The van der Waals surface area contributed by atoms with Crippen LogP contribution in [0.5, 0.6) is 0 Å². The zero-order valence-electron chi connectivity index (χ0n) is 37.4. The number of ketones is 2. The molecule has 0 amide bonds. The van der Waals surface area contributed by atoms with Gasteiger partial charge in [0.05, 0.1) is 17.9 Å². The molecule has 4 fully saturated rings. The number of aliphatic carboxylic acids is 1. The summed E-state index contributed by atoms with van der Waals surface area (Å²) in [4.78, 5) is 47.1. The SMILES string of the molecule is COC(=O)C1(CCCCCCCCCCCCC2(C(=O)CS(C)(=O)=O)CC2)CC1.CS(=O)(=O)CC(=O)C1(CCCCCCCCCCCCC2(C(=O)O)CC2)CC1.[K+].[OH-]. The minimum Gasteiger partial charge on any atom is -0.870 e. The van der Waals surface area contributed by atoms with Crippen LogP contribution in [0.15, 0.2) is 0 Å². The molecule has 0 aromatic heterocycles. The van der Waals surface area contributed by atoms with Gasteiger partial charge in [-0.25, -0.2) is 16.8 Å². The topological polar surface area (TPSA) is 196 Å². The Balaban J connectivity index is 0.000000571. The minimum atomic E-state index is -3.20. The van der Waals surface area contributed by atoms with Crippen molar-refractivity contribution in [1.82, 2.24) is 0 Å². The Hall–Kier alpha value is -0.224. The number of methoxy groups -OCH3 is 1. The molecule has 0 radical (unpaired) electrons. The van der Waals surface area contributed by atoms with Gasteiger partial charge in [-0.05, 0) is 77.0 Å². The van der Waals surface area contributed by atoms with E-state index in [9.17, 15) is 36.0 Å². The first-order chi connectivity index (χ1) is 26.9. The molecule has 338 valence electrons. The van der Waals surface area contributed by atoms with Crippen LogP contribution in [0, 0.1) is 21.7 Å². The minimum absolute atomic E-state index is 0. The Labute approximate surface area is 400 Å². The van der Waals surface area contributed by atoms with Gasteiger partial charge in [-0.3, -0.25) is 19.2 Å². The maximum absolute atomic E-state index is 12.2. The zero-order valence-corrected chi connectivity index (χ0v) is 42.2. The van der Waals surface area contributed by atoms with E-state index in [2.05, 4.69) is 0 Å². The second-order valence-corrected chi connectivity index (χ2v) is 23.3. The third-order valence-corrected chi connectivity index (χ3v) is 15.2. The molecule has 0 bridgehead atoms. The number of ether oxygens (including phenoxy) is 1. The maximum Gasteiger partial charge on any atom is 1.00 e. The second-order valence-electron chi connectivity index (χ2n) is 19.0. The van der Waals surface area contributed by atoms with Crippen molar-refractivity contribution in [3.05, 3.63) is 0 Å². The number of rotatable bonds is 34. The summed E-state index contributed by atoms with van der Waals surface area (Å²) < 4.78 is 50.2. The number of carboxylic acids is 1. The summed E-state index contributed by atoms with van der Waals surface area (Å²) in [6.07, 6.45) is 36.9. The number of carbonyl (C=O) groups is 4. The van der Waals surface area contributed by atoms with Crippen LogP contribution in [0.3, 0.4) is 0 Å². The van der Waals surface area contributed by atoms with E-state index in [1.807, 2.05) is 0 Å². The van der Waals surface area contributed by atoms with Crippen molar-refractivity contribution in [2.24, 2.45) is 21.7 Å². The molecule has 0 aromatic carbocycles. The molecular weight excluding hydrogens is 820 g/mol. The summed E-state index contributed by atoms with van der Waals surface area (Å²) in [5.41, 5.74) is -1.07. The Morgan fingerprint density at radius 2 is 0.661 bits per heavy atom. The van der Waals surface area contributed by atoms with Gasteiger partial charge in [0.25, 0.3) is 0 Å². The van der Waals surface area contributed by atoms with Crippen LogP contribution in [0.1, 0.15) is 205 Å². The number of esters is 1. The molecule has 4 rings (SSSR count). The van der Waals surface area contributed by atoms with Crippen molar-refractivity contribution in [3.8, 4) is 0 Å². The molecule has 0 saturated heterocycles. The molecule has 0 atom stereocenters. The summed E-state index contributed by atoms with van der Waals surface area (Å²) in [5, 5.41) is 9.14. The number of hydrogen-bond donors (Lipinski definition) is 1. The zero-order chi connectivity index (χ0) is 42.1. The molecule has 0 aromatic rings. The first kappa shape index (κ1) is 56.8. The van der Waals surface area contributed by atoms with Gasteiger partial charge in [-0.2, -0.15) is 0 Å². The van der Waals surface area contributed by atoms with Gasteiger partial charge < -0.3 is 15.3 Å². The van der Waals surface area contributed by atoms with Crippen LogP contribution in [-0.2, 0) is 43.6 Å². The molecule has 4 aliphatic rings. The van der Waals surface area contributed by atoms with Gasteiger partial charge >= 0.3 is 63.3 Å². The van der Waals surface area contributed by atoms with Crippen LogP contribution in [0.4, 0.5) is 0 Å². The van der Waals surface area contributed by atoms with Gasteiger partial charge in [0.1, 0.15) is 11.5 Å². The Kier molecular flexibility index (Phi) is 26.2. The summed E-state index contributed by atoms with van der Waals surface area (Å²) >= 11 is 0. The van der Waals surface area contributed by atoms with Crippen LogP contribution in [0.2, 0.25) is 0 Å². The van der Waals surface area contributed by atoms with Crippen molar-refractivity contribution in [3.63, 3.8) is 0 Å². The van der Waals surface area contributed by atoms with E-state index in [0.29, 0.717) is 0 Å². The number of carboxylic acid groups (broad SMARTS) is 1. The van der Waals surface area contributed by atoms with Crippen molar-refractivity contribution < 1.29 is 103 Å². The van der Waals surface area contributed by atoms with Gasteiger partial charge in [-0.1, -0.05) is 128 Å². The van der Waals surface area contributed by atoms with Crippen molar-refractivity contribution in [2.45, 2.75) is 205 Å². The Morgan fingerprint density at radius 3 is 0.864 bits per heavy atom. The summed E-state index contributed by atoms with van der Waals surface area (Å²) in [6, 6.07) is 0. The average Bonchev–Trinajstić information content (AvgIpc) is 3.95. The fourth-order valence-electron chi connectivity index (χ4n) is 8.75. The standard InChI is InChI=1S/C23H40O5S.C22H38O5S.K.H2O/c1-28-21(25)23(17-18-23)14-12-10-8-6-4-3-5-7-9-11-13-22(15-16-22)20(24)19-29(2,26)27;1-28(26,27)18-19(23)21(14-15-21)12-10-8-6-4-2-3-5-7-9-11-13-22(16-17-22)20(24)25;;/h3-19H2,1-2H3;2-18H2,1H3,(H,24,25);;1H2/q;;+1;/p-1. The summed E-state index contributed by atoms with van der Waals surface area (Å²) in [7, 11) is -4.91. The van der Waals surface area contributed by atoms with Crippen molar-refractivity contribution in [2.75, 3.05) is 31.1 Å². The van der Waals surface area contributed by atoms with Crippen molar-refractivity contribution in [1.29, 1.82) is 0 Å². The van der Waals surface area contributed by atoms with E-state index in [0.717, 1.165) is 135 Å². The third-order valence-electron chi connectivity index (χ3n) is 13.6. The second kappa shape index (κ2) is 27.2. The monoisotopic (exact) mass is 898 g/mol. The van der Waals surface area contributed by atoms with Gasteiger partial charge in [0, 0.05) is 23.3 Å². The van der Waals surface area contributed by atoms with Gasteiger partial charge in [-0.15, -0.1) is 0 Å². The first-order valence-electron chi connectivity index (χ1n) is 22.7. The first-order valence-corrected chi connectivity index (χ1v) is 26.8. The molecule has 11 nitrogen and oxygen atoms in total. The number of sulfone groups is 2. The number of Topliss-reactive ketones (excluding diaryl/α,β-unsaturated/α-hetero) is 2. The Morgan fingerprint density at radius 1 is 0.441 bits per heavy atom. The van der Waals surface area contributed by atoms with E-state index < -0.39 is 25.6 Å². The molecule has 4 saturated carbocycles. The molecule has 0 aliphatic heterocycles. The van der Waals surface area contributed by atoms with E-state index >= 15 is 0 Å². The quantitative estimate of drug-likeness (QED) is 0.0407. The molecule has 2 N–H and O–H groups in total. The van der Waals surface area contributed by atoms with Crippen molar-refractivity contribution >= 4 is 43.2 Å².